The van der Waals surface area contributed by atoms with E-state index in [-0.39, 0.29) is 24.1 Å². The van der Waals surface area contributed by atoms with Crippen LogP contribution >= 0.6 is 22.6 Å². The number of aliphatic carboxylic acids is 1. The average molecular weight is 392 g/mol. The van der Waals surface area contributed by atoms with E-state index in [9.17, 15) is 14.4 Å². The lowest BCUT2D eigenvalue weighted by molar-refractivity contribution is -0.137. The molecule has 0 saturated carbocycles. The summed E-state index contributed by atoms with van der Waals surface area (Å²) in [4.78, 5) is 33.2. The van der Waals surface area contributed by atoms with Crippen molar-refractivity contribution in [2.24, 2.45) is 5.73 Å². The van der Waals surface area contributed by atoms with E-state index in [2.05, 4.69) is 5.32 Å². The molecule has 0 aliphatic heterocycles. The number of carboxylic acids is 2. The monoisotopic (exact) mass is 392 g/mol. The standard InChI is InChI=1S/C12H13IN2O5/c13-6-1-3-9(7(5-6)12(19)20)15-11(18)8(14)2-4-10(16)17/h1,3,5,8H,2,4,14H2,(H,15,18)(H,16,17)(H,19,20). The molecular weight excluding hydrogens is 379 g/mol. The number of rotatable bonds is 6. The number of carboxylic acid groups (broad SMARTS) is 2. The van der Waals surface area contributed by atoms with Gasteiger partial charge < -0.3 is 21.3 Å². The van der Waals surface area contributed by atoms with E-state index in [0.717, 1.165) is 0 Å². The Hall–Kier alpha value is -1.68. The van der Waals surface area contributed by atoms with Gasteiger partial charge in [0.05, 0.1) is 17.3 Å². The van der Waals surface area contributed by atoms with Crippen molar-refractivity contribution >= 4 is 46.1 Å². The van der Waals surface area contributed by atoms with E-state index >= 15 is 0 Å². The highest BCUT2D eigenvalue weighted by Crippen LogP contribution is 2.19. The SMILES string of the molecule is NC(CCC(=O)O)C(=O)Nc1ccc(I)cc1C(=O)O. The van der Waals surface area contributed by atoms with Gasteiger partial charge in [-0.1, -0.05) is 0 Å². The Morgan fingerprint density at radius 2 is 1.95 bits per heavy atom. The summed E-state index contributed by atoms with van der Waals surface area (Å²) in [6.45, 7) is 0. The molecule has 0 bridgehead atoms. The second-order valence-corrected chi connectivity index (χ2v) is 5.27. The van der Waals surface area contributed by atoms with Gasteiger partial charge >= 0.3 is 11.9 Å². The van der Waals surface area contributed by atoms with Crippen LogP contribution in [0, 0.1) is 3.57 Å². The van der Waals surface area contributed by atoms with Gasteiger partial charge in [-0.25, -0.2) is 4.79 Å². The number of anilines is 1. The summed E-state index contributed by atoms with van der Waals surface area (Å²) < 4.78 is 0.716. The molecule has 0 aromatic heterocycles. The number of benzene rings is 1. The van der Waals surface area contributed by atoms with E-state index in [1.54, 1.807) is 6.07 Å². The number of hydrogen-bond donors (Lipinski definition) is 4. The van der Waals surface area contributed by atoms with Crippen molar-refractivity contribution in [3.63, 3.8) is 0 Å². The first-order chi connectivity index (χ1) is 9.31. The van der Waals surface area contributed by atoms with Crippen LogP contribution in [0.15, 0.2) is 18.2 Å². The van der Waals surface area contributed by atoms with Crippen molar-refractivity contribution in [3.8, 4) is 0 Å². The van der Waals surface area contributed by atoms with Crippen LogP contribution in [0.3, 0.4) is 0 Å². The van der Waals surface area contributed by atoms with Gasteiger partial charge in [0.2, 0.25) is 5.91 Å². The fourth-order valence-corrected chi connectivity index (χ4v) is 1.93. The molecule has 1 aromatic rings. The third-order valence-electron chi connectivity index (χ3n) is 2.48. The number of nitrogens with two attached hydrogens (primary N) is 1. The van der Waals surface area contributed by atoms with Crippen LogP contribution in [0.2, 0.25) is 0 Å². The molecule has 0 spiro atoms. The van der Waals surface area contributed by atoms with Crippen LogP contribution in [0.25, 0.3) is 0 Å². The predicted molar refractivity (Wildman–Crippen MR) is 79.6 cm³/mol. The molecular formula is C12H13IN2O5. The first-order valence-electron chi connectivity index (χ1n) is 5.62. The van der Waals surface area contributed by atoms with Gasteiger partial charge in [-0.2, -0.15) is 0 Å². The van der Waals surface area contributed by atoms with Gasteiger partial charge in [-0.05, 0) is 47.2 Å². The molecule has 0 fully saturated rings. The molecule has 1 atom stereocenters. The highest BCUT2D eigenvalue weighted by atomic mass is 127. The summed E-state index contributed by atoms with van der Waals surface area (Å²) in [5.74, 6) is -2.83. The molecule has 1 aromatic carbocycles. The Labute approximate surface area is 128 Å². The number of carbonyl (C=O) groups is 3. The van der Waals surface area contributed by atoms with Crippen molar-refractivity contribution in [1.29, 1.82) is 0 Å². The van der Waals surface area contributed by atoms with Crippen molar-refractivity contribution < 1.29 is 24.6 Å². The second-order valence-electron chi connectivity index (χ2n) is 4.02. The van der Waals surface area contributed by atoms with Crippen LogP contribution in [-0.4, -0.2) is 34.1 Å². The maximum atomic E-state index is 11.8. The molecule has 1 unspecified atom stereocenters. The number of nitrogens with one attached hydrogen (secondary N) is 1. The molecule has 5 N–H and O–H groups in total. The minimum absolute atomic E-state index is 0.0199. The van der Waals surface area contributed by atoms with Crippen molar-refractivity contribution in [2.45, 2.75) is 18.9 Å². The van der Waals surface area contributed by atoms with E-state index in [1.165, 1.54) is 12.1 Å². The van der Waals surface area contributed by atoms with Crippen LogP contribution in [0.5, 0.6) is 0 Å². The molecule has 0 aliphatic carbocycles. The van der Waals surface area contributed by atoms with E-state index in [0.29, 0.717) is 3.57 Å². The summed E-state index contributed by atoms with van der Waals surface area (Å²) in [5.41, 5.74) is 5.63. The number of aromatic carboxylic acids is 1. The molecule has 108 valence electrons. The summed E-state index contributed by atoms with van der Waals surface area (Å²) >= 11 is 1.96. The van der Waals surface area contributed by atoms with Gasteiger partial charge in [0, 0.05) is 9.99 Å². The highest BCUT2D eigenvalue weighted by Gasteiger charge is 2.18. The van der Waals surface area contributed by atoms with E-state index in [4.69, 9.17) is 15.9 Å². The van der Waals surface area contributed by atoms with Crippen molar-refractivity contribution in [2.75, 3.05) is 5.32 Å². The fraction of sp³-hybridized carbons (Fsp3) is 0.250. The smallest absolute Gasteiger partial charge is 0.337 e. The lowest BCUT2D eigenvalue weighted by atomic mass is 10.1. The van der Waals surface area contributed by atoms with Gasteiger partial charge in [0.15, 0.2) is 0 Å². The molecule has 8 heteroatoms. The lowest BCUT2D eigenvalue weighted by Gasteiger charge is -2.13. The summed E-state index contributed by atoms with van der Waals surface area (Å²) in [6.07, 6.45) is -0.249. The molecule has 0 heterocycles. The maximum absolute atomic E-state index is 11.8. The van der Waals surface area contributed by atoms with Gasteiger partial charge in [-0.15, -0.1) is 0 Å². The number of amides is 1. The zero-order valence-electron chi connectivity index (χ0n) is 10.3. The Morgan fingerprint density at radius 3 is 2.50 bits per heavy atom. The zero-order valence-corrected chi connectivity index (χ0v) is 12.5. The molecule has 0 aliphatic rings. The van der Waals surface area contributed by atoms with Crippen LogP contribution in [0.1, 0.15) is 23.2 Å². The molecule has 1 rings (SSSR count). The zero-order chi connectivity index (χ0) is 15.3. The topological polar surface area (TPSA) is 130 Å². The lowest BCUT2D eigenvalue weighted by Crippen LogP contribution is -2.36. The minimum Gasteiger partial charge on any atom is -0.481 e. The molecule has 20 heavy (non-hydrogen) atoms. The quantitative estimate of drug-likeness (QED) is 0.537. The minimum atomic E-state index is -1.17. The Morgan fingerprint density at radius 1 is 1.30 bits per heavy atom. The van der Waals surface area contributed by atoms with Crippen LogP contribution in [0.4, 0.5) is 5.69 Å². The summed E-state index contributed by atoms with van der Waals surface area (Å²) in [7, 11) is 0. The molecule has 1 amide bonds. The normalized spacial score (nSPS) is 11.7. The Bertz CT molecular complexity index is 547. The Kier molecular flexibility index (Phi) is 5.89. The molecule has 7 nitrogen and oxygen atoms in total. The van der Waals surface area contributed by atoms with Crippen LogP contribution < -0.4 is 11.1 Å². The molecule has 0 radical (unpaired) electrons. The highest BCUT2D eigenvalue weighted by molar-refractivity contribution is 14.1. The van der Waals surface area contributed by atoms with Crippen molar-refractivity contribution in [1.82, 2.24) is 0 Å². The Balaban J connectivity index is 2.80. The van der Waals surface area contributed by atoms with Crippen LogP contribution in [-0.2, 0) is 9.59 Å². The van der Waals surface area contributed by atoms with Gasteiger partial charge in [0.1, 0.15) is 0 Å². The summed E-state index contributed by atoms with van der Waals surface area (Å²) in [6, 6.07) is 3.52. The fourth-order valence-electron chi connectivity index (χ4n) is 1.44. The average Bonchev–Trinajstić information content (AvgIpc) is 2.37. The third-order valence-corrected chi connectivity index (χ3v) is 3.15. The first kappa shape index (κ1) is 16.4. The van der Waals surface area contributed by atoms with Gasteiger partial charge in [-0.3, -0.25) is 9.59 Å². The van der Waals surface area contributed by atoms with Crippen molar-refractivity contribution in [3.05, 3.63) is 27.3 Å². The third kappa shape index (κ3) is 4.78. The largest absolute Gasteiger partial charge is 0.481 e. The maximum Gasteiger partial charge on any atom is 0.337 e. The summed E-state index contributed by atoms with van der Waals surface area (Å²) in [5, 5.41) is 20.0. The van der Waals surface area contributed by atoms with E-state index < -0.39 is 23.9 Å². The first-order valence-corrected chi connectivity index (χ1v) is 6.70. The number of halogens is 1. The van der Waals surface area contributed by atoms with E-state index in [1.807, 2.05) is 22.6 Å². The number of carbonyl (C=O) groups excluding carboxylic acids is 1. The molecule has 0 saturated heterocycles. The second kappa shape index (κ2) is 7.20. The number of hydrogen-bond acceptors (Lipinski definition) is 4. The predicted octanol–water partition coefficient (Wildman–Crippen LogP) is 1.12. The van der Waals surface area contributed by atoms with Gasteiger partial charge in [0.25, 0.3) is 0 Å².